The highest BCUT2D eigenvalue weighted by Crippen LogP contribution is 2.20. The predicted molar refractivity (Wildman–Crippen MR) is 107 cm³/mol. The third-order valence-corrected chi connectivity index (χ3v) is 3.94. The first-order valence-corrected chi connectivity index (χ1v) is 8.47. The van der Waals surface area contributed by atoms with Gasteiger partial charge in [0, 0.05) is 25.5 Å². The lowest BCUT2D eigenvalue weighted by atomic mass is 10.1. The number of amides is 2. The van der Waals surface area contributed by atoms with E-state index in [4.69, 9.17) is 0 Å². The maximum Gasteiger partial charge on any atom is 0.339 e. The molecule has 9 nitrogen and oxygen atoms in total. The molecule has 0 aromatic heterocycles. The first-order chi connectivity index (χ1) is 13.8. The van der Waals surface area contributed by atoms with Crippen LogP contribution < -0.4 is 15.5 Å². The second kappa shape index (κ2) is 9.36. The summed E-state index contributed by atoms with van der Waals surface area (Å²) in [5.41, 5.74) is 1.37. The van der Waals surface area contributed by atoms with Crippen LogP contribution in [-0.2, 0) is 19.1 Å². The molecule has 2 aromatic carbocycles. The fraction of sp³-hybridized carbons (Fsp3) is 0.200. The van der Waals surface area contributed by atoms with E-state index in [2.05, 4.69) is 20.1 Å². The van der Waals surface area contributed by atoms with Gasteiger partial charge >= 0.3 is 23.8 Å². The van der Waals surface area contributed by atoms with Crippen molar-refractivity contribution in [1.29, 1.82) is 0 Å². The number of nitrogens with one attached hydrogen (secondary N) is 2. The smallest absolute Gasteiger partial charge is 0.339 e. The van der Waals surface area contributed by atoms with Crippen molar-refractivity contribution in [2.75, 3.05) is 43.8 Å². The number of methoxy groups -OCH3 is 2. The Morgan fingerprint density at radius 3 is 1.93 bits per heavy atom. The Labute approximate surface area is 167 Å². The van der Waals surface area contributed by atoms with Gasteiger partial charge in [0.05, 0.1) is 31.0 Å². The third kappa shape index (κ3) is 5.32. The summed E-state index contributed by atoms with van der Waals surface area (Å²) in [4.78, 5) is 50.1. The molecule has 0 atom stereocenters. The van der Waals surface area contributed by atoms with Gasteiger partial charge in [-0.25, -0.2) is 9.59 Å². The largest absolute Gasteiger partial charge is 0.465 e. The van der Waals surface area contributed by atoms with Crippen LogP contribution in [0.2, 0.25) is 0 Å². The van der Waals surface area contributed by atoms with Crippen LogP contribution in [0.25, 0.3) is 0 Å². The van der Waals surface area contributed by atoms with Gasteiger partial charge in [0.15, 0.2) is 0 Å². The molecule has 29 heavy (non-hydrogen) atoms. The number of carbonyl (C=O) groups is 4. The minimum absolute atomic E-state index is 0.0170. The molecule has 0 fully saturated rings. The standard InChI is InChI=1S/C20H21N3O6/c1-23(2)14-8-6-13(7-9-14)21-17(24)18(25)22-16-11-12(19(26)28-3)5-10-15(16)20(27)29-4/h5-11H,1-4H3,(H,21,24)(H,22,25). The molecule has 0 bridgehead atoms. The van der Waals surface area contributed by atoms with Crippen molar-refractivity contribution in [3.05, 3.63) is 53.6 Å². The Morgan fingerprint density at radius 1 is 0.793 bits per heavy atom. The zero-order valence-corrected chi connectivity index (χ0v) is 16.4. The van der Waals surface area contributed by atoms with E-state index in [-0.39, 0.29) is 16.8 Å². The predicted octanol–water partition coefficient (Wildman–Crippen LogP) is 1.90. The molecule has 0 aliphatic carbocycles. The highest BCUT2D eigenvalue weighted by atomic mass is 16.5. The van der Waals surface area contributed by atoms with Gasteiger partial charge in [-0.1, -0.05) is 0 Å². The maximum atomic E-state index is 12.3. The van der Waals surface area contributed by atoms with Crippen molar-refractivity contribution in [2.24, 2.45) is 0 Å². The van der Waals surface area contributed by atoms with Crippen molar-refractivity contribution in [1.82, 2.24) is 0 Å². The summed E-state index contributed by atoms with van der Waals surface area (Å²) >= 11 is 0. The van der Waals surface area contributed by atoms with Crippen LogP contribution in [0.1, 0.15) is 20.7 Å². The molecule has 0 saturated heterocycles. The molecule has 2 N–H and O–H groups in total. The van der Waals surface area contributed by atoms with E-state index in [1.165, 1.54) is 32.4 Å². The van der Waals surface area contributed by atoms with E-state index in [1.54, 1.807) is 24.3 Å². The average molecular weight is 399 g/mol. The number of ether oxygens (including phenoxy) is 2. The quantitative estimate of drug-likeness (QED) is 0.583. The number of hydrogen-bond donors (Lipinski definition) is 2. The molecule has 2 aromatic rings. The number of hydrogen-bond acceptors (Lipinski definition) is 7. The number of nitrogens with zero attached hydrogens (tertiary/aromatic N) is 1. The van der Waals surface area contributed by atoms with E-state index < -0.39 is 23.8 Å². The Kier molecular flexibility index (Phi) is 6.91. The molecular weight excluding hydrogens is 378 g/mol. The second-order valence-electron chi connectivity index (χ2n) is 6.09. The van der Waals surface area contributed by atoms with Crippen LogP contribution in [0, 0.1) is 0 Å². The van der Waals surface area contributed by atoms with E-state index >= 15 is 0 Å². The van der Waals surface area contributed by atoms with Gasteiger partial charge in [-0.2, -0.15) is 0 Å². The highest BCUT2D eigenvalue weighted by Gasteiger charge is 2.20. The summed E-state index contributed by atoms with van der Waals surface area (Å²) in [7, 11) is 6.13. The number of rotatable bonds is 5. The van der Waals surface area contributed by atoms with Crippen LogP contribution in [0.3, 0.4) is 0 Å². The molecule has 9 heteroatoms. The molecule has 0 spiro atoms. The first kappa shape index (κ1) is 21.4. The van der Waals surface area contributed by atoms with Gasteiger partial charge in [-0.3, -0.25) is 9.59 Å². The molecule has 0 heterocycles. The molecule has 2 amide bonds. The minimum atomic E-state index is -1.02. The van der Waals surface area contributed by atoms with Crippen LogP contribution in [-0.4, -0.2) is 52.1 Å². The number of anilines is 3. The average Bonchev–Trinajstić information content (AvgIpc) is 2.72. The fourth-order valence-electron chi connectivity index (χ4n) is 2.39. The Hall–Kier alpha value is -3.88. The third-order valence-electron chi connectivity index (χ3n) is 3.94. The molecular formula is C20H21N3O6. The van der Waals surface area contributed by atoms with Crippen LogP contribution in [0.4, 0.5) is 17.1 Å². The summed E-state index contributed by atoms with van der Waals surface area (Å²) in [6.45, 7) is 0. The van der Waals surface area contributed by atoms with Crippen molar-refractivity contribution in [3.8, 4) is 0 Å². The number of benzene rings is 2. The summed E-state index contributed by atoms with van der Waals surface area (Å²) in [5.74, 6) is -3.37. The zero-order chi connectivity index (χ0) is 21.6. The number of carbonyl (C=O) groups excluding carboxylic acids is 4. The lowest BCUT2D eigenvalue weighted by Gasteiger charge is -2.13. The van der Waals surface area contributed by atoms with E-state index in [0.717, 1.165) is 5.69 Å². The second-order valence-corrected chi connectivity index (χ2v) is 6.09. The van der Waals surface area contributed by atoms with Gasteiger partial charge in [0.25, 0.3) is 0 Å². The van der Waals surface area contributed by atoms with Gasteiger partial charge in [0.2, 0.25) is 0 Å². The SMILES string of the molecule is COC(=O)c1ccc(C(=O)OC)c(NC(=O)C(=O)Nc2ccc(N(C)C)cc2)c1. The molecule has 152 valence electrons. The van der Waals surface area contributed by atoms with Crippen LogP contribution >= 0.6 is 0 Å². The molecule has 2 rings (SSSR count). The fourth-order valence-corrected chi connectivity index (χ4v) is 2.39. The summed E-state index contributed by atoms with van der Waals surface area (Å²) in [5, 5.41) is 4.79. The minimum Gasteiger partial charge on any atom is -0.465 e. The first-order valence-electron chi connectivity index (χ1n) is 8.47. The van der Waals surface area contributed by atoms with Crippen molar-refractivity contribution in [2.45, 2.75) is 0 Å². The number of esters is 2. The van der Waals surface area contributed by atoms with E-state index in [1.807, 2.05) is 19.0 Å². The maximum absolute atomic E-state index is 12.3. The zero-order valence-electron chi connectivity index (χ0n) is 16.4. The van der Waals surface area contributed by atoms with Crippen molar-refractivity contribution < 1.29 is 28.7 Å². The summed E-state index contributed by atoms with van der Waals surface area (Å²) in [6, 6.07) is 10.7. The molecule has 0 radical (unpaired) electrons. The molecule has 0 saturated carbocycles. The molecule has 0 aliphatic rings. The Morgan fingerprint density at radius 2 is 1.38 bits per heavy atom. The van der Waals surface area contributed by atoms with Gasteiger partial charge in [0.1, 0.15) is 0 Å². The Bertz CT molecular complexity index is 938. The topological polar surface area (TPSA) is 114 Å². The van der Waals surface area contributed by atoms with Crippen LogP contribution in [0.15, 0.2) is 42.5 Å². The summed E-state index contributed by atoms with van der Waals surface area (Å²) in [6.07, 6.45) is 0. The van der Waals surface area contributed by atoms with Gasteiger partial charge < -0.3 is 25.0 Å². The Balaban J connectivity index is 2.20. The van der Waals surface area contributed by atoms with Gasteiger partial charge in [-0.15, -0.1) is 0 Å². The monoisotopic (exact) mass is 399 g/mol. The normalized spacial score (nSPS) is 9.93. The van der Waals surface area contributed by atoms with E-state index in [0.29, 0.717) is 5.69 Å². The highest BCUT2D eigenvalue weighted by molar-refractivity contribution is 6.44. The lowest BCUT2D eigenvalue weighted by Crippen LogP contribution is -2.30. The summed E-state index contributed by atoms with van der Waals surface area (Å²) < 4.78 is 9.29. The lowest BCUT2D eigenvalue weighted by molar-refractivity contribution is -0.133. The van der Waals surface area contributed by atoms with Crippen LogP contribution in [0.5, 0.6) is 0 Å². The van der Waals surface area contributed by atoms with Gasteiger partial charge in [-0.05, 0) is 42.5 Å². The van der Waals surface area contributed by atoms with Crippen molar-refractivity contribution >= 4 is 40.8 Å². The molecule has 0 unspecified atom stereocenters. The van der Waals surface area contributed by atoms with E-state index in [9.17, 15) is 19.2 Å². The van der Waals surface area contributed by atoms with Crippen molar-refractivity contribution in [3.63, 3.8) is 0 Å². The molecule has 0 aliphatic heterocycles.